The first-order chi connectivity index (χ1) is 9.51. The quantitative estimate of drug-likeness (QED) is 0.697. The summed E-state index contributed by atoms with van der Waals surface area (Å²) >= 11 is 1.10. The summed E-state index contributed by atoms with van der Waals surface area (Å²) < 4.78 is 4.57. The van der Waals surface area contributed by atoms with E-state index in [2.05, 4.69) is 15.0 Å². The van der Waals surface area contributed by atoms with Crippen LogP contribution in [0.1, 0.15) is 20.2 Å². The van der Waals surface area contributed by atoms with Crippen LogP contribution < -0.4 is 16.6 Å². The predicted octanol–water partition coefficient (Wildman–Crippen LogP) is 0.164. The molecule has 8 nitrogen and oxygen atoms in total. The van der Waals surface area contributed by atoms with Gasteiger partial charge in [0.1, 0.15) is 10.6 Å². The van der Waals surface area contributed by atoms with Crippen molar-refractivity contribution >= 4 is 28.9 Å². The number of hydrogen-bond donors (Lipinski definition) is 3. The van der Waals surface area contributed by atoms with Gasteiger partial charge in [0.05, 0.1) is 12.8 Å². The van der Waals surface area contributed by atoms with Gasteiger partial charge in [-0.25, -0.2) is 9.59 Å². The van der Waals surface area contributed by atoms with Crippen LogP contribution in [0.3, 0.4) is 0 Å². The molecular formula is C11H9N3O5S. The number of methoxy groups -OCH3 is 1. The molecule has 2 aromatic heterocycles. The van der Waals surface area contributed by atoms with E-state index in [1.54, 1.807) is 5.38 Å². The summed E-state index contributed by atoms with van der Waals surface area (Å²) in [6, 6.07) is 2.46. The van der Waals surface area contributed by atoms with Gasteiger partial charge in [0.15, 0.2) is 0 Å². The molecule has 0 aliphatic heterocycles. The number of thiophene rings is 1. The molecule has 2 rings (SSSR count). The van der Waals surface area contributed by atoms with Crippen LogP contribution in [-0.2, 0) is 4.74 Å². The standard InChI is InChI=1S/C11H9N3O5S/c1-19-10(17)8-5(2-3-20-8)12-9(16)6-4-7(15)14-11(18)13-6/h2-4H,1H3,(H,12,16)(H2,13,14,15,18). The average molecular weight is 295 g/mol. The van der Waals surface area contributed by atoms with Crippen LogP contribution >= 0.6 is 11.3 Å². The van der Waals surface area contributed by atoms with E-state index >= 15 is 0 Å². The van der Waals surface area contributed by atoms with Crippen LogP contribution in [0.2, 0.25) is 0 Å². The first-order valence-corrected chi connectivity index (χ1v) is 6.20. The van der Waals surface area contributed by atoms with E-state index in [1.165, 1.54) is 13.2 Å². The zero-order chi connectivity index (χ0) is 14.7. The SMILES string of the molecule is COC(=O)c1sccc1NC(=O)c1cc(=O)[nH]c(=O)[nH]1. The van der Waals surface area contributed by atoms with Crippen molar-refractivity contribution in [1.82, 2.24) is 9.97 Å². The second kappa shape index (κ2) is 5.53. The summed E-state index contributed by atoms with van der Waals surface area (Å²) in [4.78, 5) is 49.9. The van der Waals surface area contributed by atoms with Crippen LogP contribution in [0.15, 0.2) is 27.1 Å². The van der Waals surface area contributed by atoms with Crippen molar-refractivity contribution in [1.29, 1.82) is 0 Å². The third kappa shape index (κ3) is 2.83. The number of hydrogen-bond acceptors (Lipinski definition) is 6. The molecule has 0 fully saturated rings. The Morgan fingerprint density at radius 1 is 1.30 bits per heavy atom. The van der Waals surface area contributed by atoms with Crippen LogP contribution in [0.5, 0.6) is 0 Å². The Hall–Kier alpha value is -2.68. The second-order valence-corrected chi connectivity index (χ2v) is 4.53. The van der Waals surface area contributed by atoms with Crippen molar-refractivity contribution in [3.05, 3.63) is 48.9 Å². The lowest BCUT2D eigenvalue weighted by Gasteiger charge is -2.04. The molecule has 20 heavy (non-hydrogen) atoms. The van der Waals surface area contributed by atoms with Gasteiger partial charge in [-0.3, -0.25) is 14.6 Å². The first kappa shape index (κ1) is 13.7. The highest BCUT2D eigenvalue weighted by Crippen LogP contribution is 2.23. The van der Waals surface area contributed by atoms with Gasteiger partial charge >= 0.3 is 11.7 Å². The molecule has 0 aliphatic carbocycles. The van der Waals surface area contributed by atoms with Crippen LogP contribution in [-0.4, -0.2) is 29.0 Å². The maximum absolute atomic E-state index is 11.9. The Balaban J connectivity index is 2.28. The Morgan fingerprint density at radius 2 is 2.05 bits per heavy atom. The Bertz CT molecular complexity index is 744. The van der Waals surface area contributed by atoms with Crippen molar-refractivity contribution in [3.63, 3.8) is 0 Å². The topological polar surface area (TPSA) is 121 Å². The summed E-state index contributed by atoms with van der Waals surface area (Å²) in [5, 5.41) is 4.02. The molecule has 9 heteroatoms. The number of H-pyrrole nitrogens is 2. The number of aromatic nitrogens is 2. The number of nitrogens with one attached hydrogen (secondary N) is 3. The Morgan fingerprint density at radius 3 is 2.70 bits per heavy atom. The summed E-state index contributed by atoms with van der Waals surface area (Å²) in [6.07, 6.45) is 0. The lowest BCUT2D eigenvalue weighted by atomic mass is 10.3. The van der Waals surface area contributed by atoms with Crippen molar-refractivity contribution < 1.29 is 14.3 Å². The van der Waals surface area contributed by atoms with Crippen LogP contribution in [0.25, 0.3) is 0 Å². The third-order valence-corrected chi connectivity index (χ3v) is 3.18. The van der Waals surface area contributed by atoms with E-state index < -0.39 is 23.1 Å². The number of amides is 1. The van der Waals surface area contributed by atoms with Crippen molar-refractivity contribution in [2.45, 2.75) is 0 Å². The molecule has 3 N–H and O–H groups in total. The fourth-order valence-corrected chi connectivity index (χ4v) is 2.20. The average Bonchev–Trinajstić information content (AvgIpc) is 2.84. The molecule has 0 aliphatic rings. The molecule has 0 spiro atoms. The fourth-order valence-electron chi connectivity index (χ4n) is 1.44. The van der Waals surface area contributed by atoms with E-state index in [-0.39, 0.29) is 16.3 Å². The summed E-state index contributed by atoms with van der Waals surface area (Å²) in [5.41, 5.74) is -1.45. The molecule has 0 unspecified atom stereocenters. The normalized spacial score (nSPS) is 10.1. The van der Waals surface area contributed by atoms with Gasteiger partial charge in [0, 0.05) is 6.07 Å². The molecule has 2 aromatic rings. The fraction of sp³-hybridized carbons (Fsp3) is 0.0909. The van der Waals surface area contributed by atoms with Crippen LogP contribution in [0.4, 0.5) is 5.69 Å². The van der Waals surface area contributed by atoms with Gasteiger partial charge in [-0.1, -0.05) is 0 Å². The van der Waals surface area contributed by atoms with Gasteiger partial charge in [-0.15, -0.1) is 11.3 Å². The minimum atomic E-state index is -0.791. The first-order valence-electron chi connectivity index (χ1n) is 5.32. The smallest absolute Gasteiger partial charge is 0.350 e. The number of rotatable bonds is 3. The lowest BCUT2D eigenvalue weighted by Crippen LogP contribution is -2.27. The minimum Gasteiger partial charge on any atom is -0.465 e. The zero-order valence-electron chi connectivity index (χ0n) is 10.2. The Labute approximate surface area is 115 Å². The molecule has 0 saturated carbocycles. The van der Waals surface area contributed by atoms with Crippen molar-refractivity contribution in [2.24, 2.45) is 0 Å². The van der Waals surface area contributed by atoms with E-state index in [0.29, 0.717) is 0 Å². The lowest BCUT2D eigenvalue weighted by molar-refractivity contribution is 0.0607. The van der Waals surface area contributed by atoms with Gasteiger partial charge in [0.2, 0.25) is 0 Å². The molecular weight excluding hydrogens is 286 g/mol. The van der Waals surface area contributed by atoms with Gasteiger partial charge in [0.25, 0.3) is 11.5 Å². The van der Waals surface area contributed by atoms with E-state index in [1.807, 2.05) is 4.98 Å². The number of aromatic amines is 2. The summed E-state index contributed by atoms with van der Waals surface area (Å²) in [6.45, 7) is 0. The minimum absolute atomic E-state index is 0.208. The molecule has 2 heterocycles. The molecule has 104 valence electrons. The van der Waals surface area contributed by atoms with Gasteiger partial charge in [-0.2, -0.15) is 0 Å². The van der Waals surface area contributed by atoms with E-state index in [0.717, 1.165) is 17.4 Å². The largest absolute Gasteiger partial charge is 0.465 e. The molecule has 0 radical (unpaired) electrons. The van der Waals surface area contributed by atoms with Gasteiger partial charge in [-0.05, 0) is 11.4 Å². The van der Waals surface area contributed by atoms with Crippen molar-refractivity contribution in [3.8, 4) is 0 Å². The zero-order valence-corrected chi connectivity index (χ0v) is 11.0. The molecule has 0 atom stereocenters. The summed E-state index contributed by atoms with van der Waals surface area (Å²) in [5.74, 6) is -1.30. The third-order valence-electron chi connectivity index (χ3n) is 2.29. The molecule has 1 amide bonds. The van der Waals surface area contributed by atoms with E-state index in [4.69, 9.17) is 0 Å². The number of carbonyl (C=O) groups is 2. The number of carbonyl (C=O) groups excluding carboxylic acids is 2. The number of ether oxygens (including phenoxy) is 1. The molecule has 0 saturated heterocycles. The monoisotopic (exact) mass is 295 g/mol. The predicted molar refractivity (Wildman–Crippen MR) is 71.3 cm³/mol. The molecule has 0 aromatic carbocycles. The second-order valence-electron chi connectivity index (χ2n) is 3.61. The van der Waals surface area contributed by atoms with Gasteiger partial charge < -0.3 is 15.0 Å². The summed E-state index contributed by atoms with van der Waals surface area (Å²) in [7, 11) is 1.22. The van der Waals surface area contributed by atoms with E-state index in [9.17, 15) is 19.2 Å². The number of esters is 1. The van der Waals surface area contributed by atoms with Crippen LogP contribution in [0, 0.1) is 0 Å². The highest BCUT2D eigenvalue weighted by Gasteiger charge is 2.17. The maximum atomic E-state index is 11.9. The highest BCUT2D eigenvalue weighted by molar-refractivity contribution is 7.12. The number of anilines is 1. The maximum Gasteiger partial charge on any atom is 0.350 e. The van der Waals surface area contributed by atoms with Crippen molar-refractivity contribution in [2.75, 3.05) is 12.4 Å². The molecule has 0 bridgehead atoms. The highest BCUT2D eigenvalue weighted by atomic mass is 32.1. The Kier molecular flexibility index (Phi) is 3.80.